The Balaban J connectivity index is 1.28. The largest absolute Gasteiger partial charge is 0.354 e. The highest BCUT2D eigenvalue weighted by Gasteiger charge is 2.36. The zero-order valence-electron chi connectivity index (χ0n) is 18.7. The molecule has 2 aromatic rings. The Hall–Kier alpha value is -2.64. The van der Waals surface area contributed by atoms with E-state index >= 15 is 0 Å². The quantitative estimate of drug-likeness (QED) is 0.774. The molecule has 2 atom stereocenters. The van der Waals surface area contributed by atoms with Crippen molar-refractivity contribution in [3.8, 4) is 0 Å². The molecule has 0 radical (unpaired) electrons. The Morgan fingerprint density at radius 2 is 1.69 bits per heavy atom. The zero-order valence-corrected chi connectivity index (χ0v) is 18.7. The molecule has 8 heteroatoms. The summed E-state index contributed by atoms with van der Waals surface area (Å²) in [4.78, 5) is 31.6. The van der Waals surface area contributed by atoms with Gasteiger partial charge in [0.2, 0.25) is 17.8 Å². The van der Waals surface area contributed by atoms with Crippen LogP contribution in [0, 0.1) is 11.8 Å². The maximum absolute atomic E-state index is 12.4. The highest BCUT2D eigenvalue weighted by atomic mass is 16.1. The number of nitrogens with zero attached hydrogens (tertiary/aromatic N) is 6. The summed E-state index contributed by atoms with van der Waals surface area (Å²) in [6.45, 7) is 5.53. The van der Waals surface area contributed by atoms with Gasteiger partial charge in [-0.25, -0.2) is 0 Å². The molecule has 170 valence electrons. The van der Waals surface area contributed by atoms with Crippen LogP contribution in [0.25, 0.3) is 0 Å². The van der Waals surface area contributed by atoms with Crippen LogP contribution >= 0.6 is 0 Å². The van der Waals surface area contributed by atoms with Crippen LogP contribution in [0.15, 0.2) is 23.0 Å². The van der Waals surface area contributed by atoms with E-state index in [2.05, 4.69) is 21.2 Å². The lowest BCUT2D eigenvalue weighted by Gasteiger charge is -2.42. The Labute approximate surface area is 189 Å². The molecule has 1 aliphatic carbocycles. The summed E-state index contributed by atoms with van der Waals surface area (Å²) >= 11 is 0. The maximum atomic E-state index is 12.4. The van der Waals surface area contributed by atoms with Gasteiger partial charge in [0.25, 0.3) is 5.56 Å². The van der Waals surface area contributed by atoms with Gasteiger partial charge < -0.3 is 19.7 Å². The average Bonchev–Trinajstić information content (AvgIpc) is 3.53. The summed E-state index contributed by atoms with van der Waals surface area (Å²) in [6.07, 6.45) is 8.83. The summed E-state index contributed by atoms with van der Waals surface area (Å²) in [6, 6.07) is 5.69. The third kappa shape index (κ3) is 3.84. The summed E-state index contributed by atoms with van der Waals surface area (Å²) in [7, 11) is 0. The molecule has 4 aliphatic rings. The first-order valence-corrected chi connectivity index (χ1v) is 12.4. The van der Waals surface area contributed by atoms with Gasteiger partial charge >= 0.3 is 0 Å². The SMILES string of the molecule is O=c1cccc2n1CC1CC2CN(c2nc(NCC3CCCC3)nc(N3CCCC3)n2)C1. The normalized spacial score (nSPS) is 25.2. The predicted octanol–water partition coefficient (Wildman–Crippen LogP) is 2.86. The monoisotopic (exact) mass is 435 g/mol. The molecule has 5 heterocycles. The Bertz CT molecular complexity index is 1030. The standard InChI is InChI=1S/C24H33N7O/c32-21-9-5-8-20-19-12-18(15-31(20)21)14-30(16-19)24-27-22(25-13-17-6-1-2-7-17)26-23(28-24)29-10-3-4-11-29/h5,8-9,17-19H,1-4,6-7,10-16H2,(H,25,26,27,28). The van der Waals surface area contributed by atoms with Gasteiger partial charge in [0.1, 0.15) is 0 Å². The second-order valence-electron chi connectivity index (χ2n) is 10.1. The minimum absolute atomic E-state index is 0.125. The summed E-state index contributed by atoms with van der Waals surface area (Å²) < 4.78 is 1.98. The van der Waals surface area contributed by atoms with Gasteiger partial charge in [0, 0.05) is 56.9 Å². The van der Waals surface area contributed by atoms with Gasteiger partial charge in [-0.05, 0) is 50.0 Å². The molecule has 8 nitrogen and oxygen atoms in total. The van der Waals surface area contributed by atoms with Crippen molar-refractivity contribution in [2.45, 2.75) is 57.4 Å². The molecule has 2 bridgehead atoms. The third-order valence-corrected chi connectivity index (χ3v) is 7.79. The molecule has 3 aliphatic heterocycles. The van der Waals surface area contributed by atoms with Crippen molar-refractivity contribution < 1.29 is 0 Å². The highest BCUT2D eigenvalue weighted by molar-refractivity contribution is 5.46. The Morgan fingerprint density at radius 3 is 2.50 bits per heavy atom. The number of anilines is 3. The van der Waals surface area contributed by atoms with E-state index in [0.29, 0.717) is 11.8 Å². The first-order chi connectivity index (χ1) is 15.7. The molecule has 1 saturated carbocycles. The van der Waals surface area contributed by atoms with Crippen LogP contribution in [0.4, 0.5) is 17.8 Å². The molecule has 2 unspecified atom stereocenters. The Kier molecular flexibility index (Phi) is 5.23. The van der Waals surface area contributed by atoms with E-state index in [1.54, 1.807) is 6.07 Å². The topological polar surface area (TPSA) is 79.2 Å². The van der Waals surface area contributed by atoms with E-state index in [4.69, 9.17) is 15.0 Å². The number of pyridine rings is 1. The fourth-order valence-electron chi connectivity index (χ4n) is 6.14. The molecule has 6 rings (SSSR count). The van der Waals surface area contributed by atoms with Crippen LogP contribution in [0.3, 0.4) is 0 Å². The molecule has 2 saturated heterocycles. The second kappa shape index (κ2) is 8.37. The molecule has 0 spiro atoms. The second-order valence-corrected chi connectivity index (χ2v) is 10.1. The van der Waals surface area contributed by atoms with Gasteiger partial charge in [0.15, 0.2) is 0 Å². The lowest BCUT2D eigenvalue weighted by Crippen LogP contribution is -2.47. The minimum atomic E-state index is 0.125. The summed E-state index contributed by atoms with van der Waals surface area (Å²) in [5.41, 5.74) is 1.28. The molecule has 2 aromatic heterocycles. The van der Waals surface area contributed by atoms with Gasteiger partial charge in [-0.1, -0.05) is 18.9 Å². The van der Waals surface area contributed by atoms with Gasteiger partial charge in [-0.3, -0.25) is 4.79 Å². The molecular weight excluding hydrogens is 402 g/mol. The molecule has 1 N–H and O–H groups in total. The van der Waals surface area contributed by atoms with Gasteiger partial charge in [0.05, 0.1) is 0 Å². The molecule has 3 fully saturated rings. The minimum Gasteiger partial charge on any atom is -0.354 e. The molecule has 0 amide bonds. The van der Waals surface area contributed by atoms with Crippen LogP contribution in [-0.2, 0) is 6.54 Å². The van der Waals surface area contributed by atoms with E-state index in [1.807, 2.05) is 10.6 Å². The Morgan fingerprint density at radius 1 is 0.906 bits per heavy atom. The van der Waals surface area contributed by atoms with Crippen molar-refractivity contribution in [2.24, 2.45) is 11.8 Å². The van der Waals surface area contributed by atoms with Gasteiger partial charge in [-0.2, -0.15) is 15.0 Å². The fraction of sp³-hybridized carbons (Fsp3) is 0.667. The predicted molar refractivity (Wildman–Crippen MR) is 125 cm³/mol. The lowest BCUT2D eigenvalue weighted by atomic mass is 9.83. The van der Waals surface area contributed by atoms with E-state index in [0.717, 1.165) is 75.1 Å². The summed E-state index contributed by atoms with van der Waals surface area (Å²) in [5.74, 6) is 3.85. The average molecular weight is 436 g/mol. The first-order valence-electron chi connectivity index (χ1n) is 12.4. The van der Waals surface area contributed by atoms with Crippen LogP contribution < -0.4 is 20.7 Å². The van der Waals surface area contributed by atoms with Crippen LogP contribution in [-0.4, -0.2) is 52.2 Å². The smallest absolute Gasteiger partial charge is 0.250 e. The molecular formula is C24H33N7O. The lowest BCUT2D eigenvalue weighted by molar-refractivity contribution is 0.279. The van der Waals surface area contributed by atoms with Crippen molar-refractivity contribution in [2.75, 3.05) is 47.8 Å². The zero-order chi connectivity index (χ0) is 21.5. The number of hydrogen-bond donors (Lipinski definition) is 1. The van der Waals surface area contributed by atoms with Crippen LogP contribution in [0.2, 0.25) is 0 Å². The fourth-order valence-corrected chi connectivity index (χ4v) is 6.14. The van der Waals surface area contributed by atoms with Crippen molar-refractivity contribution in [3.05, 3.63) is 34.2 Å². The van der Waals surface area contributed by atoms with Gasteiger partial charge in [-0.15, -0.1) is 0 Å². The number of hydrogen-bond acceptors (Lipinski definition) is 7. The van der Waals surface area contributed by atoms with Crippen molar-refractivity contribution in [1.82, 2.24) is 19.5 Å². The highest BCUT2D eigenvalue weighted by Crippen LogP contribution is 2.36. The van der Waals surface area contributed by atoms with Crippen molar-refractivity contribution in [1.29, 1.82) is 0 Å². The number of rotatable bonds is 5. The van der Waals surface area contributed by atoms with E-state index in [1.165, 1.54) is 38.5 Å². The van der Waals surface area contributed by atoms with E-state index in [-0.39, 0.29) is 5.56 Å². The molecule has 32 heavy (non-hydrogen) atoms. The number of nitrogens with one attached hydrogen (secondary N) is 1. The van der Waals surface area contributed by atoms with E-state index in [9.17, 15) is 4.79 Å². The molecule has 0 aromatic carbocycles. The number of piperidine rings is 1. The first kappa shape index (κ1) is 20.0. The van der Waals surface area contributed by atoms with Crippen LogP contribution in [0.1, 0.15) is 56.6 Å². The van der Waals surface area contributed by atoms with Crippen molar-refractivity contribution in [3.63, 3.8) is 0 Å². The maximum Gasteiger partial charge on any atom is 0.250 e. The van der Waals surface area contributed by atoms with Crippen LogP contribution in [0.5, 0.6) is 0 Å². The number of fused-ring (bicyclic) bond motifs is 4. The third-order valence-electron chi connectivity index (χ3n) is 7.79. The summed E-state index contributed by atoms with van der Waals surface area (Å²) in [5, 5.41) is 3.54. The van der Waals surface area contributed by atoms with E-state index < -0.39 is 0 Å². The number of aromatic nitrogens is 4. The van der Waals surface area contributed by atoms with Crippen molar-refractivity contribution >= 4 is 17.8 Å².